The maximum Gasteiger partial charge on any atom is 0.333 e. The summed E-state index contributed by atoms with van der Waals surface area (Å²) in [7, 11) is -8.55. The third-order valence-corrected chi connectivity index (χ3v) is 16.2. The fraction of sp³-hybridized carbons (Fsp3) is 0.463. The minimum Gasteiger partial charge on any atom is -0.372 e. The molecule has 0 saturated carbocycles. The van der Waals surface area contributed by atoms with Crippen molar-refractivity contribution in [2.45, 2.75) is 134 Å². The van der Waals surface area contributed by atoms with Crippen LogP contribution in [0.5, 0.6) is 0 Å². The van der Waals surface area contributed by atoms with Gasteiger partial charge in [-0.2, -0.15) is 21.4 Å². The number of rotatable bonds is 20. The van der Waals surface area contributed by atoms with E-state index >= 15 is 0 Å². The number of hydroxylamine groups is 2. The third-order valence-electron chi connectivity index (χ3n) is 14.1. The van der Waals surface area contributed by atoms with Gasteiger partial charge in [-0.3, -0.25) is 13.9 Å². The molecule has 0 bridgehead atoms. The van der Waals surface area contributed by atoms with Crippen LogP contribution in [0.4, 0.5) is 17.1 Å². The molecule has 1 saturated heterocycles. The van der Waals surface area contributed by atoms with Crippen molar-refractivity contribution in [3.05, 3.63) is 118 Å². The van der Waals surface area contributed by atoms with Crippen LogP contribution in [0.25, 0.3) is 10.8 Å². The van der Waals surface area contributed by atoms with Crippen molar-refractivity contribution in [2.24, 2.45) is 0 Å². The van der Waals surface area contributed by atoms with Crippen LogP contribution in [0.15, 0.2) is 112 Å². The lowest BCUT2D eigenvalue weighted by Crippen LogP contribution is -2.28. The Hall–Kier alpha value is -5.06. The highest BCUT2D eigenvalue weighted by atomic mass is 35.5. The summed E-state index contributed by atoms with van der Waals surface area (Å²) in [5.74, 6) is -1.08. The molecule has 2 N–H and O–H groups in total. The van der Waals surface area contributed by atoms with Gasteiger partial charge in [-0.1, -0.05) is 64.1 Å². The van der Waals surface area contributed by atoms with E-state index in [4.69, 9.17) is 16.4 Å². The maximum atomic E-state index is 12.7. The first-order valence-electron chi connectivity index (χ1n) is 24.6. The van der Waals surface area contributed by atoms with Crippen molar-refractivity contribution >= 4 is 77.3 Å². The van der Waals surface area contributed by atoms with Crippen LogP contribution in [-0.2, 0) is 45.5 Å². The quantitative estimate of drug-likeness (QED) is 0.0629. The van der Waals surface area contributed by atoms with Crippen molar-refractivity contribution in [2.75, 3.05) is 41.7 Å². The fourth-order valence-electron chi connectivity index (χ4n) is 10.6. The number of hydrogen-bond donors (Lipinski definition) is 2. The molecule has 13 nitrogen and oxygen atoms in total. The van der Waals surface area contributed by atoms with Gasteiger partial charge in [0.05, 0.1) is 21.8 Å². The van der Waals surface area contributed by atoms with E-state index in [1.807, 2.05) is 12.1 Å². The summed E-state index contributed by atoms with van der Waals surface area (Å²) < 4.78 is 69.7. The molecule has 1 amide bonds. The van der Waals surface area contributed by atoms with Crippen molar-refractivity contribution in [3.8, 4) is 0 Å². The number of amides is 1. The topological polar surface area (TPSA) is 165 Å². The second-order valence-corrected chi connectivity index (χ2v) is 23.3. The molecule has 3 aromatic rings. The zero-order valence-electron chi connectivity index (χ0n) is 41.4. The van der Waals surface area contributed by atoms with Crippen LogP contribution in [0.2, 0.25) is 0 Å². The van der Waals surface area contributed by atoms with E-state index in [1.165, 1.54) is 12.1 Å². The van der Waals surface area contributed by atoms with Gasteiger partial charge in [-0.05, 0) is 142 Å². The number of carbonyl (C=O) groups is 2. The van der Waals surface area contributed by atoms with Crippen LogP contribution < -0.4 is 9.80 Å². The van der Waals surface area contributed by atoms with Crippen molar-refractivity contribution in [3.63, 3.8) is 0 Å². The molecule has 7 rings (SSSR count). The molecule has 376 valence electrons. The zero-order chi connectivity index (χ0) is 50.8. The molecule has 3 aliphatic heterocycles. The van der Waals surface area contributed by atoms with E-state index in [9.17, 15) is 35.5 Å². The summed E-state index contributed by atoms with van der Waals surface area (Å²) in [5.41, 5.74) is 8.89. The van der Waals surface area contributed by atoms with Crippen LogP contribution in [-0.4, -0.2) is 85.1 Å². The van der Waals surface area contributed by atoms with Gasteiger partial charge >= 0.3 is 5.97 Å². The Labute approximate surface area is 419 Å². The smallest absolute Gasteiger partial charge is 0.333 e. The minimum absolute atomic E-state index is 0.157. The first kappa shape index (κ1) is 52.8. The maximum absolute atomic E-state index is 12.7. The Kier molecular flexibility index (Phi) is 16.1. The molecule has 16 heteroatoms. The van der Waals surface area contributed by atoms with Crippen LogP contribution in [0, 0.1) is 0 Å². The van der Waals surface area contributed by atoms with E-state index < -0.39 is 37.0 Å². The SMILES string of the molecule is C=C1CCC(=O)N1OC(=O)CCCCC[N+]1=C(C=CC2=C(Cl)C(=CC=C3N(CCCS(=O)(=O)O)c4ccc(N(CCC)CCC)cc4C3(C)C)CCC2)C(C)(C)c2c1ccc1cc(S(=O)(=O)O)ccc21. The molecule has 0 radical (unpaired) electrons. The van der Waals surface area contributed by atoms with Crippen molar-refractivity contribution in [1.82, 2.24) is 5.06 Å². The second kappa shape index (κ2) is 21.3. The molecular formula is C54H68ClN4O9S2+. The molecular weight excluding hydrogens is 948 g/mol. The average Bonchev–Trinajstić information content (AvgIpc) is 3.81. The van der Waals surface area contributed by atoms with Crippen LogP contribution in [0.3, 0.4) is 0 Å². The number of hydrogen-bond acceptors (Lipinski definition) is 9. The molecule has 3 aromatic carbocycles. The summed E-state index contributed by atoms with van der Waals surface area (Å²) in [4.78, 5) is 34.5. The summed E-state index contributed by atoms with van der Waals surface area (Å²) in [6.45, 7) is 19.8. The summed E-state index contributed by atoms with van der Waals surface area (Å²) >= 11 is 7.37. The Morgan fingerprint density at radius 1 is 0.886 bits per heavy atom. The first-order valence-corrected chi connectivity index (χ1v) is 28.0. The minimum atomic E-state index is -4.41. The molecule has 0 unspecified atom stereocenters. The van der Waals surface area contributed by atoms with Gasteiger partial charge in [0.25, 0.3) is 26.1 Å². The molecule has 0 aromatic heterocycles. The van der Waals surface area contributed by atoms with Crippen LogP contribution in [0.1, 0.15) is 130 Å². The van der Waals surface area contributed by atoms with Gasteiger partial charge in [0.15, 0.2) is 5.71 Å². The van der Waals surface area contributed by atoms with E-state index in [-0.39, 0.29) is 35.8 Å². The van der Waals surface area contributed by atoms with E-state index in [0.29, 0.717) is 42.0 Å². The van der Waals surface area contributed by atoms with Crippen molar-refractivity contribution in [1.29, 1.82) is 0 Å². The Balaban J connectivity index is 1.19. The van der Waals surface area contributed by atoms with Gasteiger partial charge in [-0.15, -0.1) is 5.06 Å². The number of benzene rings is 3. The van der Waals surface area contributed by atoms with Gasteiger partial charge in [-0.25, -0.2) is 4.79 Å². The number of halogens is 1. The molecule has 4 aliphatic rings. The fourth-order valence-corrected chi connectivity index (χ4v) is 11.9. The highest BCUT2D eigenvalue weighted by Gasteiger charge is 2.46. The third kappa shape index (κ3) is 11.3. The second-order valence-electron chi connectivity index (χ2n) is 19.9. The molecule has 70 heavy (non-hydrogen) atoms. The molecule has 3 heterocycles. The Morgan fingerprint density at radius 2 is 1.63 bits per heavy atom. The summed E-state index contributed by atoms with van der Waals surface area (Å²) in [5, 5.41) is 3.25. The number of allylic oxidation sites excluding steroid dienone is 9. The first-order chi connectivity index (χ1) is 33.1. The summed E-state index contributed by atoms with van der Waals surface area (Å²) in [6, 6.07) is 15.1. The lowest BCUT2D eigenvalue weighted by atomic mass is 9.78. The molecule has 1 fully saturated rings. The number of anilines is 2. The predicted molar refractivity (Wildman–Crippen MR) is 279 cm³/mol. The highest BCUT2D eigenvalue weighted by Crippen LogP contribution is 2.50. The number of fused-ring (bicyclic) bond motifs is 4. The molecule has 0 atom stereocenters. The lowest BCUT2D eigenvalue weighted by molar-refractivity contribution is -0.438. The van der Waals surface area contributed by atoms with Crippen molar-refractivity contribution < 1.29 is 44.9 Å². The van der Waals surface area contributed by atoms with Gasteiger partial charge in [0, 0.05) is 84.1 Å². The average molecular weight is 1020 g/mol. The monoisotopic (exact) mass is 1020 g/mol. The Morgan fingerprint density at radius 3 is 2.30 bits per heavy atom. The number of carbonyl (C=O) groups excluding carboxylic acids is 2. The van der Waals surface area contributed by atoms with E-state index in [1.54, 1.807) is 6.07 Å². The Bertz CT molecular complexity index is 2950. The van der Waals surface area contributed by atoms with Crippen LogP contribution >= 0.6 is 11.6 Å². The number of unbranched alkanes of at least 4 members (excludes halogenated alkanes) is 2. The van der Waals surface area contributed by atoms with Gasteiger partial charge < -0.3 is 14.6 Å². The highest BCUT2D eigenvalue weighted by molar-refractivity contribution is 7.86. The van der Waals surface area contributed by atoms with E-state index in [0.717, 1.165) is 119 Å². The van der Waals surface area contributed by atoms with E-state index in [2.05, 4.69) is 105 Å². The largest absolute Gasteiger partial charge is 0.372 e. The molecule has 0 spiro atoms. The predicted octanol–water partition coefficient (Wildman–Crippen LogP) is 11.4. The number of nitrogens with zero attached hydrogens (tertiary/aromatic N) is 4. The normalized spacial score (nSPS) is 19.2. The van der Waals surface area contributed by atoms with Gasteiger partial charge in [0.1, 0.15) is 6.54 Å². The molecule has 1 aliphatic carbocycles. The summed E-state index contributed by atoms with van der Waals surface area (Å²) in [6.07, 6.45) is 16.1. The lowest BCUT2D eigenvalue weighted by Gasteiger charge is -2.27. The van der Waals surface area contributed by atoms with Gasteiger partial charge in [0.2, 0.25) is 5.69 Å². The standard InChI is InChI=1S/C54H67ClN4O9S2/c1-8-30-56(31-9-2)41-22-26-45-44(36-41)53(4,5)47(57(45)33-14-34-69(62,63)64)27-20-38-15-13-16-39(52(38)55)21-28-48-54(6,7)51-43-24-23-42(70(65,66)67)35-40(43)19-25-46(51)58(48)32-12-10-11-17-50(61)68-59-37(3)18-29-49(59)60/h19-28,35-36H,3,8-18,29-34H2,1-2,4-7H3,(H-,62,63,64,65,66,67)/p+1. The zero-order valence-corrected chi connectivity index (χ0v) is 43.8.